The van der Waals surface area contributed by atoms with Gasteiger partial charge in [0.1, 0.15) is 5.56 Å². The SMILES string of the molecule is O=C(Nc1ccccc1Sc1ccccc1)c1cnc2n(c1=O)CCS2. The zero-order valence-electron chi connectivity index (χ0n) is 13.7. The monoisotopic (exact) mass is 381 g/mol. The Bertz CT molecular complexity index is 1020. The maximum absolute atomic E-state index is 12.7. The first kappa shape index (κ1) is 16.9. The van der Waals surface area contributed by atoms with E-state index in [1.54, 1.807) is 16.3 Å². The number of thioether (sulfide) groups is 1. The van der Waals surface area contributed by atoms with E-state index in [0.29, 0.717) is 17.4 Å². The highest BCUT2D eigenvalue weighted by atomic mass is 32.2. The molecule has 0 spiro atoms. The van der Waals surface area contributed by atoms with Crippen LogP contribution in [0.1, 0.15) is 10.4 Å². The fourth-order valence-electron chi connectivity index (χ4n) is 2.64. The smallest absolute Gasteiger partial charge is 0.267 e. The number of hydrogen-bond donors (Lipinski definition) is 1. The number of hydrogen-bond acceptors (Lipinski definition) is 5. The third-order valence-corrected chi connectivity index (χ3v) is 5.96. The number of para-hydroxylation sites is 1. The molecule has 1 aromatic heterocycles. The van der Waals surface area contributed by atoms with Crippen molar-refractivity contribution >= 4 is 35.1 Å². The van der Waals surface area contributed by atoms with Gasteiger partial charge >= 0.3 is 0 Å². The van der Waals surface area contributed by atoms with Gasteiger partial charge in [0.25, 0.3) is 11.5 Å². The van der Waals surface area contributed by atoms with Crippen LogP contribution < -0.4 is 10.9 Å². The molecule has 2 heterocycles. The average Bonchev–Trinajstić information content (AvgIpc) is 3.14. The second-order valence-corrected chi connectivity index (χ2v) is 7.80. The quantitative estimate of drug-likeness (QED) is 0.697. The molecular formula is C19H15N3O2S2. The van der Waals surface area contributed by atoms with Gasteiger partial charge in [0.2, 0.25) is 0 Å². The van der Waals surface area contributed by atoms with E-state index in [1.807, 2.05) is 54.6 Å². The fourth-order valence-corrected chi connectivity index (χ4v) is 4.47. The lowest BCUT2D eigenvalue weighted by Crippen LogP contribution is -2.29. The molecule has 1 aliphatic heterocycles. The number of carbonyl (C=O) groups excluding carboxylic acids is 1. The van der Waals surface area contributed by atoms with E-state index in [4.69, 9.17) is 0 Å². The van der Waals surface area contributed by atoms with Crippen molar-refractivity contribution in [1.82, 2.24) is 9.55 Å². The maximum Gasteiger partial charge on any atom is 0.267 e. The highest BCUT2D eigenvalue weighted by Crippen LogP contribution is 2.33. The van der Waals surface area contributed by atoms with Gasteiger partial charge in [-0.15, -0.1) is 0 Å². The summed E-state index contributed by atoms with van der Waals surface area (Å²) in [7, 11) is 0. The lowest BCUT2D eigenvalue weighted by molar-refractivity contribution is 0.102. The minimum absolute atomic E-state index is 0.0655. The molecule has 130 valence electrons. The first-order valence-corrected chi connectivity index (χ1v) is 9.88. The summed E-state index contributed by atoms with van der Waals surface area (Å²) in [6.45, 7) is 0.591. The molecule has 4 rings (SSSR count). The summed E-state index contributed by atoms with van der Waals surface area (Å²) in [4.78, 5) is 31.4. The van der Waals surface area contributed by atoms with Gasteiger partial charge in [-0.3, -0.25) is 14.2 Å². The molecule has 0 saturated carbocycles. The van der Waals surface area contributed by atoms with E-state index in [2.05, 4.69) is 10.3 Å². The lowest BCUT2D eigenvalue weighted by atomic mass is 10.2. The largest absolute Gasteiger partial charge is 0.321 e. The highest BCUT2D eigenvalue weighted by molar-refractivity contribution is 7.99. The Balaban J connectivity index is 1.60. The Hall–Kier alpha value is -2.51. The van der Waals surface area contributed by atoms with Gasteiger partial charge in [0, 0.05) is 28.3 Å². The number of amides is 1. The number of anilines is 1. The minimum atomic E-state index is -0.434. The van der Waals surface area contributed by atoms with Crippen molar-refractivity contribution in [2.75, 3.05) is 11.1 Å². The molecule has 0 unspecified atom stereocenters. The molecule has 26 heavy (non-hydrogen) atoms. The van der Waals surface area contributed by atoms with Crippen LogP contribution in [-0.4, -0.2) is 21.2 Å². The second kappa shape index (κ2) is 7.39. The molecule has 0 saturated heterocycles. The van der Waals surface area contributed by atoms with E-state index in [0.717, 1.165) is 15.5 Å². The lowest BCUT2D eigenvalue weighted by Gasteiger charge is -2.11. The van der Waals surface area contributed by atoms with Gasteiger partial charge in [-0.1, -0.05) is 53.9 Å². The van der Waals surface area contributed by atoms with E-state index in [-0.39, 0.29) is 11.1 Å². The number of carbonyl (C=O) groups is 1. The van der Waals surface area contributed by atoms with Crippen LogP contribution in [0.5, 0.6) is 0 Å². The highest BCUT2D eigenvalue weighted by Gasteiger charge is 2.20. The minimum Gasteiger partial charge on any atom is -0.321 e. The molecule has 0 radical (unpaired) electrons. The molecular weight excluding hydrogens is 366 g/mol. The van der Waals surface area contributed by atoms with Crippen molar-refractivity contribution < 1.29 is 4.79 Å². The fraction of sp³-hybridized carbons (Fsp3) is 0.105. The maximum atomic E-state index is 12.7. The summed E-state index contributed by atoms with van der Waals surface area (Å²) >= 11 is 3.09. The number of aromatic nitrogens is 2. The molecule has 0 fully saturated rings. The second-order valence-electron chi connectivity index (χ2n) is 5.63. The predicted octanol–water partition coefficient (Wildman–Crippen LogP) is 3.75. The standard InChI is InChI=1S/C19H15N3O2S2/c23-17(14-12-20-19-22(18(14)24)10-11-25-19)21-15-8-4-5-9-16(15)26-13-6-2-1-3-7-13/h1-9,12H,10-11H2,(H,21,23). The van der Waals surface area contributed by atoms with E-state index >= 15 is 0 Å². The first-order chi connectivity index (χ1) is 12.7. The Morgan fingerprint density at radius 2 is 1.88 bits per heavy atom. The van der Waals surface area contributed by atoms with Gasteiger partial charge in [-0.05, 0) is 24.3 Å². The summed E-state index contributed by atoms with van der Waals surface area (Å²) in [5.41, 5.74) is 0.451. The Labute approximate surface area is 158 Å². The first-order valence-electron chi connectivity index (χ1n) is 8.08. The Kier molecular flexibility index (Phi) is 4.81. The molecule has 1 N–H and O–H groups in total. The molecule has 0 atom stereocenters. The van der Waals surface area contributed by atoms with E-state index in [9.17, 15) is 9.59 Å². The molecule has 0 aliphatic carbocycles. The van der Waals surface area contributed by atoms with Crippen LogP contribution in [0.15, 0.2) is 80.5 Å². The third-order valence-electron chi connectivity index (χ3n) is 3.91. The van der Waals surface area contributed by atoms with Crippen molar-refractivity contribution in [2.24, 2.45) is 0 Å². The number of fused-ring (bicyclic) bond motifs is 1. The van der Waals surface area contributed by atoms with Crippen molar-refractivity contribution in [2.45, 2.75) is 21.5 Å². The topological polar surface area (TPSA) is 64.0 Å². The van der Waals surface area contributed by atoms with Crippen LogP contribution >= 0.6 is 23.5 Å². The Morgan fingerprint density at radius 1 is 1.12 bits per heavy atom. The van der Waals surface area contributed by atoms with Gasteiger partial charge in [-0.25, -0.2) is 4.98 Å². The van der Waals surface area contributed by atoms with Crippen LogP contribution in [0, 0.1) is 0 Å². The van der Waals surface area contributed by atoms with Gasteiger partial charge in [0.05, 0.1) is 5.69 Å². The van der Waals surface area contributed by atoms with E-state index < -0.39 is 5.91 Å². The van der Waals surface area contributed by atoms with Gasteiger partial charge < -0.3 is 5.32 Å². The molecule has 5 nitrogen and oxygen atoms in total. The van der Waals surface area contributed by atoms with E-state index in [1.165, 1.54) is 18.0 Å². The third kappa shape index (κ3) is 3.40. The zero-order valence-corrected chi connectivity index (χ0v) is 15.3. The van der Waals surface area contributed by atoms with Crippen LogP contribution in [0.3, 0.4) is 0 Å². The molecule has 1 aliphatic rings. The van der Waals surface area contributed by atoms with Crippen molar-refractivity contribution in [3.8, 4) is 0 Å². The van der Waals surface area contributed by atoms with Crippen LogP contribution in [0.2, 0.25) is 0 Å². The molecule has 0 bridgehead atoms. The normalized spacial score (nSPS) is 12.6. The van der Waals surface area contributed by atoms with Crippen molar-refractivity contribution in [3.05, 3.63) is 76.7 Å². The number of nitrogens with one attached hydrogen (secondary N) is 1. The summed E-state index contributed by atoms with van der Waals surface area (Å²) in [6, 6.07) is 17.5. The summed E-state index contributed by atoms with van der Waals surface area (Å²) in [5.74, 6) is 0.375. The predicted molar refractivity (Wildman–Crippen MR) is 104 cm³/mol. The van der Waals surface area contributed by atoms with Gasteiger partial charge in [-0.2, -0.15) is 0 Å². The number of benzene rings is 2. The van der Waals surface area contributed by atoms with Crippen LogP contribution in [0.4, 0.5) is 5.69 Å². The number of rotatable bonds is 4. The summed E-state index contributed by atoms with van der Waals surface area (Å²) < 4.78 is 1.56. The summed E-state index contributed by atoms with van der Waals surface area (Å²) in [6.07, 6.45) is 1.37. The average molecular weight is 381 g/mol. The van der Waals surface area contributed by atoms with Gasteiger partial charge in [0.15, 0.2) is 5.16 Å². The van der Waals surface area contributed by atoms with Crippen LogP contribution in [0.25, 0.3) is 0 Å². The van der Waals surface area contributed by atoms with Crippen molar-refractivity contribution in [3.63, 3.8) is 0 Å². The molecule has 3 aromatic rings. The number of nitrogens with zero attached hydrogens (tertiary/aromatic N) is 2. The summed E-state index contributed by atoms with van der Waals surface area (Å²) in [5, 5.41) is 3.53. The molecule has 7 heteroatoms. The zero-order chi connectivity index (χ0) is 17.9. The van der Waals surface area contributed by atoms with Crippen molar-refractivity contribution in [1.29, 1.82) is 0 Å². The molecule has 2 aromatic carbocycles. The van der Waals surface area contributed by atoms with Crippen LogP contribution in [-0.2, 0) is 6.54 Å². The Morgan fingerprint density at radius 3 is 2.73 bits per heavy atom. The molecule has 1 amide bonds.